The summed E-state index contributed by atoms with van der Waals surface area (Å²) in [4.78, 5) is 32.5. The molecule has 364 valence electrons. The van der Waals surface area contributed by atoms with E-state index in [1.807, 2.05) is 142 Å². The van der Waals surface area contributed by atoms with Gasteiger partial charge in [0.05, 0.1) is 11.4 Å². The highest BCUT2D eigenvalue weighted by Crippen LogP contribution is 2.41. The molecule has 0 unspecified atom stereocenters. The average Bonchev–Trinajstić information content (AvgIpc) is 3.36. The van der Waals surface area contributed by atoms with Crippen molar-refractivity contribution in [2.45, 2.75) is 76.5 Å². The van der Waals surface area contributed by atoms with Gasteiger partial charge in [0.1, 0.15) is 41.8 Å². The van der Waals surface area contributed by atoms with Gasteiger partial charge in [0, 0.05) is 59.9 Å². The monoisotopic (exact) mass is 961 g/mol. The van der Waals surface area contributed by atoms with Crippen LogP contribution in [-0.2, 0) is 21.2 Å². The lowest BCUT2D eigenvalue weighted by Gasteiger charge is -2.41. The molecule has 2 saturated heterocycles. The van der Waals surface area contributed by atoms with Gasteiger partial charge in [-0.2, -0.15) is 0 Å². The first kappa shape index (κ1) is 49.6. The lowest BCUT2D eigenvalue weighted by molar-refractivity contribution is 0.0125. The fraction of sp³-hybridized carbons (Fsp3) is 0.345. The van der Waals surface area contributed by atoms with Crippen molar-refractivity contribution in [1.29, 1.82) is 0 Å². The third kappa shape index (κ3) is 13.1. The highest BCUT2D eigenvalue weighted by molar-refractivity contribution is 7.90. The van der Waals surface area contributed by atoms with Gasteiger partial charge in [-0.15, -0.1) is 0 Å². The molecule has 0 aromatic heterocycles. The number of amides is 2. The first-order valence-electron chi connectivity index (χ1n) is 24.3. The number of rotatable bonds is 14. The third-order valence-corrected chi connectivity index (χ3v) is 14.0. The molecular formula is C58H63N3O8S. The van der Waals surface area contributed by atoms with Crippen molar-refractivity contribution in [3.63, 3.8) is 0 Å². The van der Waals surface area contributed by atoms with E-state index >= 15 is 0 Å². The van der Waals surface area contributed by atoms with Crippen molar-refractivity contribution >= 4 is 32.6 Å². The van der Waals surface area contributed by atoms with Gasteiger partial charge in [-0.05, 0) is 168 Å². The number of hydrogen-bond acceptors (Lipinski definition) is 9. The van der Waals surface area contributed by atoms with Crippen LogP contribution < -0.4 is 14.2 Å². The Hall–Kier alpha value is -6.81. The fourth-order valence-corrected chi connectivity index (χ4v) is 9.57. The van der Waals surface area contributed by atoms with E-state index in [4.69, 9.17) is 18.9 Å². The molecule has 2 amide bonds. The largest absolute Gasteiger partial charge is 0.492 e. The van der Waals surface area contributed by atoms with Crippen molar-refractivity contribution in [2.75, 3.05) is 52.1 Å². The molecule has 11 nitrogen and oxygen atoms in total. The van der Waals surface area contributed by atoms with Gasteiger partial charge in [0.2, 0.25) is 0 Å². The second-order valence-electron chi connectivity index (χ2n) is 19.1. The second-order valence-corrected chi connectivity index (χ2v) is 21.1. The topological polar surface area (TPSA) is 115 Å². The van der Waals surface area contributed by atoms with Crippen molar-refractivity contribution in [3.8, 4) is 46.0 Å². The van der Waals surface area contributed by atoms with E-state index in [0.29, 0.717) is 61.1 Å². The van der Waals surface area contributed by atoms with Crippen LogP contribution in [0.3, 0.4) is 0 Å². The average molecular weight is 962 g/mol. The lowest BCUT2D eigenvalue weighted by atomic mass is 9.93. The van der Waals surface area contributed by atoms with Gasteiger partial charge in [-0.1, -0.05) is 60.4 Å². The summed E-state index contributed by atoms with van der Waals surface area (Å²) in [5, 5.41) is 1.79. The maximum absolute atomic E-state index is 13.6. The molecule has 2 heterocycles. The Kier molecular flexibility index (Phi) is 15.8. The van der Waals surface area contributed by atoms with Gasteiger partial charge in [-0.3, -0.25) is 4.79 Å². The zero-order valence-electron chi connectivity index (χ0n) is 40.9. The first-order chi connectivity index (χ1) is 33.7. The quantitative estimate of drug-likeness (QED) is 0.0984. The van der Waals surface area contributed by atoms with Gasteiger partial charge in [-0.25, -0.2) is 13.2 Å². The summed E-state index contributed by atoms with van der Waals surface area (Å²) >= 11 is 0. The zero-order valence-corrected chi connectivity index (χ0v) is 41.7. The second kappa shape index (κ2) is 22.3. The third-order valence-electron chi connectivity index (χ3n) is 12.8. The van der Waals surface area contributed by atoms with E-state index in [1.54, 1.807) is 29.2 Å². The number of piperidine rings is 2. The Bertz CT molecular complexity index is 2910. The fourth-order valence-electron chi connectivity index (χ4n) is 8.94. The number of sulfone groups is 1. The summed E-state index contributed by atoms with van der Waals surface area (Å²) in [5.41, 5.74) is 3.70. The molecule has 2 aliphatic heterocycles. The molecule has 8 rings (SSSR count). The van der Waals surface area contributed by atoms with Crippen LogP contribution in [0.5, 0.6) is 23.0 Å². The van der Waals surface area contributed by atoms with E-state index in [0.717, 1.165) is 90.6 Å². The molecule has 0 aliphatic carbocycles. The molecule has 0 saturated carbocycles. The molecule has 0 bridgehead atoms. The normalized spacial score (nSPS) is 14.9. The number of nitrogens with zero attached hydrogens (tertiary/aromatic N) is 3. The summed E-state index contributed by atoms with van der Waals surface area (Å²) in [7, 11) is -3.36. The predicted octanol–water partition coefficient (Wildman–Crippen LogP) is 11.3. The maximum Gasteiger partial charge on any atom is 0.410 e. The van der Waals surface area contributed by atoms with Crippen LogP contribution in [0.15, 0.2) is 138 Å². The molecule has 0 radical (unpaired) electrons. The van der Waals surface area contributed by atoms with Gasteiger partial charge in [0.15, 0.2) is 9.84 Å². The molecule has 70 heavy (non-hydrogen) atoms. The molecule has 0 spiro atoms. The smallest absolute Gasteiger partial charge is 0.410 e. The summed E-state index contributed by atoms with van der Waals surface area (Å²) in [6.45, 7) is 12.8. The number of likely N-dealkylation sites (N-methyl/N-ethyl adjacent to an activating group) is 1. The van der Waals surface area contributed by atoms with E-state index in [1.165, 1.54) is 6.26 Å². The van der Waals surface area contributed by atoms with Crippen LogP contribution in [0.25, 0.3) is 21.9 Å². The molecule has 6 aromatic rings. The molecule has 0 N–H and O–H groups in total. The number of carbonyl (C=O) groups is 2. The summed E-state index contributed by atoms with van der Waals surface area (Å²) in [6.07, 6.45) is 4.96. The Morgan fingerprint density at radius 3 is 2.07 bits per heavy atom. The Labute approximate surface area is 413 Å². The minimum atomic E-state index is -3.36. The highest BCUT2D eigenvalue weighted by atomic mass is 32.2. The number of fused-ring (bicyclic) bond motifs is 1. The van der Waals surface area contributed by atoms with Crippen LogP contribution in [0.2, 0.25) is 0 Å². The standard InChI is InChI=1S/C58H63N3O8S/c1-6-59(56(62)46-16-14-42(15-17-46)12-13-43-30-34-60(35-31-43)48-32-36-61(37-33-48)57(63)69-58(2,3)4)38-39-66-49-21-23-50(24-22-49)68-55-53(45-18-26-52(27-19-45)70(5,64)65)28-20-47-40-51(25-29-54(47)55)67-41-44-10-8-7-9-11-44/h7-11,14-29,40,43,48H,6,30-39,41H2,1-5H3. The molecular weight excluding hydrogens is 899 g/mol. The molecule has 0 atom stereocenters. The number of benzene rings is 6. The van der Waals surface area contributed by atoms with Crippen molar-refractivity contribution in [2.24, 2.45) is 5.92 Å². The maximum atomic E-state index is 13.6. The Balaban J connectivity index is 0.837. The molecule has 2 aliphatic rings. The van der Waals surface area contributed by atoms with E-state index in [9.17, 15) is 18.0 Å². The minimum Gasteiger partial charge on any atom is -0.492 e. The van der Waals surface area contributed by atoms with Crippen molar-refractivity contribution in [3.05, 3.63) is 150 Å². The SMILES string of the molecule is CCN(CCOc1ccc(Oc2c(-c3ccc(S(C)(=O)=O)cc3)ccc3cc(OCc4ccccc4)ccc23)cc1)C(=O)c1ccc(C#CC2CCN(C3CCN(C(=O)OC(C)(C)C)CC3)CC2)cc1. The minimum absolute atomic E-state index is 0.0645. The van der Waals surface area contributed by atoms with Gasteiger partial charge in [0.25, 0.3) is 5.91 Å². The van der Waals surface area contributed by atoms with E-state index in [-0.39, 0.29) is 16.9 Å². The number of likely N-dealkylation sites (tertiary alicyclic amines) is 2. The zero-order chi connectivity index (χ0) is 49.3. The number of ether oxygens (including phenoxy) is 4. The first-order valence-corrected chi connectivity index (χ1v) is 26.2. The van der Waals surface area contributed by atoms with Crippen LogP contribution >= 0.6 is 0 Å². The Morgan fingerprint density at radius 2 is 1.41 bits per heavy atom. The van der Waals surface area contributed by atoms with Crippen molar-refractivity contribution in [1.82, 2.24) is 14.7 Å². The molecule has 2 fully saturated rings. The van der Waals surface area contributed by atoms with Gasteiger partial charge >= 0.3 is 6.09 Å². The van der Waals surface area contributed by atoms with Crippen LogP contribution in [0.1, 0.15) is 74.9 Å². The molecule has 12 heteroatoms. The highest BCUT2D eigenvalue weighted by Gasteiger charge is 2.31. The molecule has 6 aromatic carbocycles. The predicted molar refractivity (Wildman–Crippen MR) is 275 cm³/mol. The lowest BCUT2D eigenvalue weighted by Crippen LogP contribution is -2.49. The van der Waals surface area contributed by atoms with Crippen LogP contribution in [0, 0.1) is 17.8 Å². The van der Waals surface area contributed by atoms with Crippen molar-refractivity contribution < 1.29 is 37.0 Å². The number of carbonyl (C=O) groups excluding carboxylic acids is 2. The van der Waals surface area contributed by atoms with E-state index < -0.39 is 15.4 Å². The van der Waals surface area contributed by atoms with Gasteiger partial charge < -0.3 is 33.6 Å². The van der Waals surface area contributed by atoms with E-state index in [2.05, 4.69) is 16.7 Å². The van der Waals surface area contributed by atoms with Crippen LogP contribution in [-0.4, -0.2) is 98.9 Å². The summed E-state index contributed by atoms with van der Waals surface area (Å²) < 4.78 is 48.9. The summed E-state index contributed by atoms with van der Waals surface area (Å²) in [5.74, 6) is 9.69. The van der Waals surface area contributed by atoms with Crippen LogP contribution in [0.4, 0.5) is 4.79 Å². The number of hydrogen-bond donors (Lipinski definition) is 0. The summed E-state index contributed by atoms with van der Waals surface area (Å²) in [6, 6.07) is 42.1. The Morgan fingerprint density at radius 1 is 0.743 bits per heavy atom.